The SMILES string of the molecule is CN(C)CCCCl.CN(C)CCCN1CCc2cc(Nc3ncc4cc(C#N)c(=O)n(C5CCCC5)c4n3)ccc2C1.Cl.N#Cc1cc2cnc(Nc3ccc4c(c3)CCNC4)nc2n(C2CCCC2)c1=O. The molecule has 0 atom stereocenters. The molecular weight excluding hydrogens is 948 g/mol. The Bertz CT molecular complexity index is 3020. The maximum absolute atomic E-state index is 13.0. The average molecular weight is 1020 g/mol. The first-order valence-corrected chi connectivity index (χ1v) is 25.8. The lowest BCUT2D eigenvalue weighted by molar-refractivity contribution is 0.238. The summed E-state index contributed by atoms with van der Waals surface area (Å²) in [5.74, 6) is 1.70. The standard InChI is InChI=1S/C27H33N7O.C22H22N6O.C5H12ClN.ClH/c1-32(2)11-5-12-33-13-10-19-15-23(9-8-20(19)18-33)30-27-29-17-22-14-21(16-28)26(35)34(25(22)31-27)24-6-3-4-7-24;23-11-16-9-17-13-25-22(26-18-6-5-15-12-24-8-7-14(15)10-18)27-20(17)28(21(16)29)19-3-1-2-4-19;1-7(2)5-3-4-6;/h8-9,14-15,17,24H,3-7,10-13,18H2,1-2H3,(H,29,30,31);5-6,9-10,13,19,24H,1-4,7-8,12H2,(H,25,26,27);3-5H2,1-2H3;1H. The molecule has 2 saturated carbocycles. The number of benzene rings is 2. The summed E-state index contributed by atoms with van der Waals surface area (Å²) in [5.41, 5.74) is 8.28. The smallest absolute Gasteiger partial charge is 0.270 e. The predicted octanol–water partition coefficient (Wildman–Crippen LogP) is 8.60. The zero-order valence-electron chi connectivity index (χ0n) is 42.1. The summed E-state index contributed by atoms with van der Waals surface area (Å²) >= 11 is 5.42. The summed E-state index contributed by atoms with van der Waals surface area (Å²) in [7, 11) is 8.34. The molecule has 2 fully saturated rings. The first kappa shape index (κ1) is 53.8. The van der Waals surface area contributed by atoms with Gasteiger partial charge in [0.2, 0.25) is 11.9 Å². The molecule has 0 unspecified atom stereocenters. The van der Waals surface area contributed by atoms with E-state index in [4.69, 9.17) is 16.6 Å². The minimum absolute atomic E-state index is 0. The molecule has 0 saturated heterocycles. The quantitative estimate of drug-likeness (QED) is 0.0933. The number of fused-ring (bicyclic) bond motifs is 4. The number of nitriles is 2. The maximum Gasteiger partial charge on any atom is 0.270 e. The van der Waals surface area contributed by atoms with Crippen molar-refractivity contribution in [2.45, 2.75) is 102 Å². The van der Waals surface area contributed by atoms with Crippen LogP contribution < -0.4 is 27.1 Å². The van der Waals surface area contributed by atoms with E-state index in [9.17, 15) is 20.1 Å². The zero-order chi connectivity index (χ0) is 49.9. The van der Waals surface area contributed by atoms with E-state index in [1.54, 1.807) is 33.7 Å². The minimum Gasteiger partial charge on any atom is -0.324 e. The van der Waals surface area contributed by atoms with Crippen LogP contribution in [0.5, 0.6) is 0 Å². The van der Waals surface area contributed by atoms with Crippen molar-refractivity contribution >= 4 is 69.3 Å². The van der Waals surface area contributed by atoms with Crippen LogP contribution in [0.1, 0.15) is 110 Å². The number of nitrogens with one attached hydrogen (secondary N) is 3. The van der Waals surface area contributed by atoms with E-state index in [0.717, 1.165) is 144 Å². The monoisotopic (exact) mass is 1010 g/mol. The maximum atomic E-state index is 13.0. The van der Waals surface area contributed by atoms with Crippen LogP contribution in [-0.4, -0.2) is 111 Å². The zero-order valence-corrected chi connectivity index (χ0v) is 43.7. The second-order valence-corrected chi connectivity index (χ2v) is 20.1. The minimum atomic E-state index is -0.252. The Morgan fingerprint density at radius 1 is 0.694 bits per heavy atom. The van der Waals surface area contributed by atoms with Gasteiger partial charge in [-0.05, 0) is 164 Å². The van der Waals surface area contributed by atoms with Crippen molar-refractivity contribution in [3.63, 3.8) is 0 Å². The van der Waals surface area contributed by atoms with Crippen molar-refractivity contribution in [1.82, 2.24) is 49.1 Å². The molecule has 2 aliphatic heterocycles. The first-order chi connectivity index (χ1) is 34.5. The van der Waals surface area contributed by atoms with Crippen molar-refractivity contribution in [2.24, 2.45) is 0 Å². The van der Waals surface area contributed by atoms with Gasteiger partial charge in [0.15, 0.2) is 0 Å². The summed E-state index contributed by atoms with van der Waals surface area (Å²) in [4.78, 5) is 51.1. The molecule has 380 valence electrons. The third kappa shape index (κ3) is 13.3. The van der Waals surface area contributed by atoms with Crippen LogP contribution in [-0.2, 0) is 25.9 Å². The van der Waals surface area contributed by atoms with Gasteiger partial charge in [0, 0.05) is 72.1 Å². The molecule has 4 aromatic heterocycles. The van der Waals surface area contributed by atoms with Crippen LogP contribution in [0.2, 0.25) is 0 Å². The average Bonchev–Trinajstić information content (AvgIpc) is 4.12. The fourth-order valence-corrected chi connectivity index (χ4v) is 10.3. The van der Waals surface area contributed by atoms with Crippen LogP contribution in [0.4, 0.5) is 23.3 Å². The van der Waals surface area contributed by atoms with Gasteiger partial charge in [-0.3, -0.25) is 23.6 Å². The molecule has 6 heterocycles. The van der Waals surface area contributed by atoms with E-state index in [1.165, 1.54) is 28.7 Å². The third-order valence-electron chi connectivity index (χ3n) is 13.9. The van der Waals surface area contributed by atoms with Crippen molar-refractivity contribution < 1.29 is 0 Å². The van der Waals surface area contributed by atoms with E-state index in [2.05, 4.69) is 90.0 Å². The summed E-state index contributed by atoms with van der Waals surface area (Å²) in [6.45, 7) is 7.29. The van der Waals surface area contributed by atoms with Gasteiger partial charge in [-0.1, -0.05) is 37.8 Å². The van der Waals surface area contributed by atoms with Crippen LogP contribution in [0.25, 0.3) is 22.1 Å². The van der Waals surface area contributed by atoms with Crippen molar-refractivity contribution in [3.8, 4) is 12.1 Å². The van der Waals surface area contributed by atoms with Crippen molar-refractivity contribution in [2.75, 3.05) is 77.4 Å². The summed E-state index contributed by atoms with van der Waals surface area (Å²) < 4.78 is 3.44. The van der Waals surface area contributed by atoms with Gasteiger partial charge in [-0.15, -0.1) is 24.0 Å². The fourth-order valence-electron chi connectivity index (χ4n) is 10.2. The molecule has 16 nitrogen and oxygen atoms in total. The highest BCUT2D eigenvalue weighted by molar-refractivity contribution is 6.17. The van der Waals surface area contributed by atoms with Gasteiger partial charge < -0.3 is 25.8 Å². The fraction of sp³-hybridized carbons (Fsp3) is 0.481. The number of aromatic nitrogens is 6. The van der Waals surface area contributed by atoms with E-state index in [0.29, 0.717) is 23.2 Å². The molecule has 4 aliphatic rings. The van der Waals surface area contributed by atoms with Gasteiger partial charge in [0.05, 0.1) is 0 Å². The Kier molecular flexibility index (Phi) is 19.1. The molecule has 0 radical (unpaired) electrons. The lowest BCUT2D eigenvalue weighted by atomic mass is 9.99. The van der Waals surface area contributed by atoms with Crippen molar-refractivity contribution in [3.05, 3.63) is 115 Å². The highest BCUT2D eigenvalue weighted by atomic mass is 35.5. The number of anilines is 4. The molecule has 72 heavy (non-hydrogen) atoms. The predicted molar refractivity (Wildman–Crippen MR) is 290 cm³/mol. The largest absolute Gasteiger partial charge is 0.324 e. The topological polar surface area (TPSA) is 189 Å². The molecule has 18 heteroatoms. The van der Waals surface area contributed by atoms with E-state index in [1.807, 2.05) is 32.3 Å². The van der Waals surface area contributed by atoms with Gasteiger partial charge in [-0.2, -0.15) is 20.5 Å². The Labute approximate surface area is 433 Å². The Morgan fingerprint density at radius 2 is 1.19 bits per heavy atom. The normalized spacial score (nSPS) is 15.7. The number of pyridine rings is 2. The van der Waals surface area contributed by atoms with E-state index < -0.39 is 0 Å². The highest BCUT2D eigenvalue weighted by Crippen LogP contribution is 2.33. The third-order valence-corrected chi connectivity index (χ3v) is 14.2. The summed E-state index contributed by atoms with van der Waals surface area (Å²) in [6.07, 6.45) is 15.8. The molecular formula is C54H68Cl2N14O2. The summed E-state index contributed by atoms with van der Waals surface area (Å²) in [5, 5.41) is 30.3. The molecule has 2 aromatic carbocycles. The summed E-state index contributed by atoms with van der Waals surface area (Å²) in [6, 6.07) is 20.2. The Morgan fingerprint density at radius 3 is 1.68 bits per heavy atom. The van der Waals surface area contributed by atoms with Crippen LogP contribution in [0.15, 0.2) is 70.5 Å². The highest BCUT2D eigenvalue weighted by Gasteiger charge is 2.25. The van der Waals surface area contributed by atoms with Gasteiger partial charge >= 0.3 is 0 Å². The van der Waals surface area contributed by atoms with Crippen LogP contribution in [0.3, 0.4) is 0 Å². The molecule has 10 rings (SSSR count). The van der Waals surface area contributed by atoms with Gasteiger partial charge in [-0.25, -0.2) is 9.97 Å². The first-order valence-electron chi connectivity index (χ1n) is 25.2. The molecule has 0 amide bonds. The molecule has 0 bridgehead atoms. The number of rotatable bonds is 13. The van der Waals surface area contributed by atoms with Crippen LogP contribution in [0, 0.1) is 22.7 Å². The molecule has 3 N–H and O–H groups in total. The van der Waals surface area contributed by atoms with Crippen LogP contribution >= 0.6 is 24.0 Å². The number of alkyl halides is 1. The van der Waals surface area contributed by atoms with E-state index >= 15 is 0 Å². The Hall–Kier alpha value is -5.98. The van der Waals surface area contributed by atoms with E-state index in [-0.39, 0.29) is 46.7 Å². The number of hydrogen-bond acceptors (Lipinski definition) is 14. The number of hydrogen-bond donors (Lipinski definition) is 3. The van der Waals surface area contributed by atoms with Gasteiger partial charge in [0.1, 0.15) is 34.6 Å². The lowest BCUT2D eigenvalue weighted by Crippen LogP contribution is -2.32. The van der Waals surface area contributed by atoms with Gasteiger partial charge in [0.25, 0.3) is 11.1 Å². The number of halogens is 2. The Balaban J connectivity index is 0.000000187. The second kappa shape index (κ2) is 25.6. The molecule has 6 aromatic rings. The number of nitrogens with zero attached hydrogens (tertiary/aromatic N) is 11. The lowest BCUT2D eigenvalue weighted by Gasteiger charge is -2.29. The molecule has 0 spiro atoms. The second-order valence-electron chi connectivity index (χ2n) is 19.7. The molecule has 2 aliphatic carbocycles. The van der Waals surface area contributed by atoms with Crippen molar-refractivity contribution in [1.29, 1.82) is 10.5 Å².